The Morgan fingerprint density at radius 3 is 2.38 bits per heavy atom. The van der Waals surface area contributed by atoms with Gasteiger partial charge in [-0.3, -0.25) is 9.88 Å². The molecular formula is C28H32N4O2. The lowest BCUT2D eigenvalue weighted by molar-refractivity contribution is -0.0826. The maximum absolute atomic E-state index is 7.20. The minimum absolute atomic E-state index is 0.304. The van der Waals surface area contributed by atoms with E-state index in [4.69, 9.17) is 21.0 Å². The predicted octanol–water partition coefficient (Wildman–Crippen LogP) is 5.54. The first-order valence-electron chi connectivity index (χ1n) is 12.2. The number of nitrogens with zero attached hydrogens (tertiary/aromatic N) is 4. The van der Waals surface area contributed by atoms with Crippen LogP contribution < -0.4 is 9.64 Å². The highest BCUT2D eigenvalue weighted by molar-refractivity contribution is 5.99. The van der Waals surface area contributed by atoms with Crippen LogP contribution in [0.2, 0.25) is 0 Å². The molecule has 2 fully saturated rings. The summed E-state index contributed by atoms with van der Waals surface area (Å²) in [6, 6.07) is 14.5. The van der Waals surface area contributed by atoms with Crippen LogP contribution in [-0.2, 0) is 4.74 Å². The van der Waals surface area contributed by atoms with E-state index in [2.05, 4.69) is 46.7 Å². The van der Waals surface area contributed by atoms with Gasteiger partial charge in [0, 0.05) is 43.2 Å². The third kappa shape index (κ3) is 4.34. The van der Waals surface area contributed by atoms with Gasteiger partial charge in [-0.05, 0) is 38.3 Å². The molecule has 2 saturated heterocycles. The molecule has 1 aromatic heterocycles. The molecule has 0 bridgehead atoms. The van der Waals surface area contributed by atoms with Crippen molar-refractivity contribution in [2.75, 3.05) is 38.2 Å². The average molecular weight is 457 g/mol. The molecule has 0 radical (unpaired) electrons. The van der Waals surface area contributed by atoms with Gasteiger partial charge in [0.25, 0.3) is 0 Å². The Kier molecular flexibility index (Phi) is 6.40. The standard InChI is InChI=1S/C28H32N4O2/c1-19-17-32(18-20(2)34-19)23-12-14-31(15-13-23)26-16-30-27-24(6-5-7-25(27)28(26)33-4)21-8-10-22(29-3)11-9-21/h5-11,16,19-20,23H,12-15,17-18H2,1-2,4H3/t19-,20+. The lowest BCUT2D eigenvalue weighted by Gasteiger charge is -2.44. The van der Waals surface area contributed by atoms with Crippen LogP contribution in [0.25, 0.3) is 26.9 Å². The van der Waals surface area contributed by atoms with Crippen molar-refractivity contribution in [3.63, 3.8) is 0 Å². The molecule has 3 heterocycles. The molecule has 6 nitrogen and oxygen atoms in total. The van der Waals surface area contributed by atoms with Crippen LogP contribution in [0.1, 0.15) is 26.7 Å². The number of fused-ring (bicyclic) bond motifs is 1. The summed E-state index contributed by atoms with van der Waals surface area (Å²) in [7, 11) is 1.75. The minimum atomic E-state index is 0.304. The Bertz CT molecular complexity index is 1190. The summed E-state index contributed by atoms with van der Waals surface area (Å²) in [6.45, 7) is 15.6. The van der Waals surface area contributed by atoms with E-state index in [1.807, 2.05) is 30.5 Å². The number of aromatic nitrogens is 1. The summed E-state index contributed by atoms with van der Waals surface area (Å²) in [5.41, 5.74) is 4.73. The fourth-order valence-corrected chi connectivity index (χ4v) is 5.56. The third-order valence-electron chi connectivity index (χ3n) is 7.11. The van der Waals surface area contributed by atoms with Crippen molar-refractivity contribution in [1.82, 2.24) is 9.88 Å². The van der Waals surface area contributed by atoms with E-state index in [-0.39, 0.29) is 0 Å². The van der Waals surface area contributed by atoms with Gasteiger partial charge in [0.15, 0.2) is 11.4 Å². The molecule has 0 saturated carbocycles. The molecule has 2 aromatic carbocycles. The molecule has 0 N–H and O–H groups in total. The highest BCUT2D eigenvalue weighted by Gasteiger charge is 2.31. The smallest absolute Gasteiger partial charge is 0.187 e. The molecule has 5 rings (SSSR count). The third-order valence-corrected chi connectivity index (χ3v) is 7.11. The van der Waals surface area contributed by atoms with Gasteiger partial charge >= 0.3 is 0 Å². The lowest BCUT2D eigenvalue weighted by Crippen LogP contribution is -2.53. The molecule has 2 aliphatic rings. The monoisotopic (exact) mass is 456 g/mol. The molecule has 3 aromatic rings. The van der Waals surface area contributed by atoms with E-state index in [0.29, 0.717) is 23.9 Å². The van der Waals surface area contributed by atoms with Gasteiger partial charge < -0.3 is 14.4 Å². The van der Waals surface area contributed by atoms with Crippen molar-refractivity contribution in [2.45, 2.75) is 44.9 Å². The van der Waals surface area contributed by atoms with Gasteiger partial charge in [-0.2, -0.15) is 0 Å². The Hall–Kier alpha value is -3.14. The number of ether oxygens (including phenoxy) is 2. The van der Waals surface area contributed by atoms with Crippen LogP contribution in [0, 0.1) is 6.57 Å². The van der Waals surface area contributed by atoms with E-state index in [0.717, 1.165) is 72.5 Å². The second-order valence-electron chi connectivity index (χ2n) is 9.47. The Morgan fingerprint density at radius 1 is 1.03 bits per heavy atom. The topological polar surface area (TPSA) is 42.2 Å². The van der Waals surface area contributed by atoms with Gasteiger partial charge in [0.05, 0.1) is 43.3 Å². The van der Waals surface area contributed by atoms with Crippen molar-refractivity contribution in [3.05, 3.63) is 60.1 Å². The molecule has 0 spiro atoms. The molecule has 34 heavy (non-hydrogen) atoms. The summed E-state index contributed by atoms with van der Waals surface area (Å²) in [5, 5.41) is 1.02. The molecule has 6 heteroatoms. The number of rotatable bonds is 4. The van der Waals surface area contributed by atoms with Gasteiger partial charge in [0.1, 0.15) is 0 Å². The Labute approximate surface area is 201 Å². The van der Waals surface area contributed by atoms with Crippen molar-refractivity contribution in [2.24, 2.45) is 0 Å². The maximum atomic E-state index is 7.20. The number of piperidine rings is 1. The SMILES string of the molecule is [C-]#[N+]c1ccc(-c2cccc3c(OC)c(N4CCC(N5C[C@@H](C)O[C@@H](C)C5)CC4)cnc23)cc1. The van der Waals surface area contributed by atoms with Crippen LogP contribution in [0.4, 0.5) is 11.4 Å². The minimum Gasteiger partial charge on any atom is -0.494 e. The van der Waals surface area contributed by atoms with Gasteiger partial charge in [0.2, 0.25) is 0 Å². The normalized spacial score (nSPS) is 22.0. The molecule has 2 atom stereocenters. The van der Waals surface area contributed by atoms with Crippen LogP contribution in [0.15, 0.2) is 48.7 Å². The van der Waals surface area contributed by atoms with E-state index in [1.165, 1.54) is 0 Å². The predicted molar refractivity (Wildman–Crippen MR) is 137 cm³/mol. The first-order valence-corrected chi connectivity index (χ1v) is 12.2. The van der Waals surface area contributed by atoms with Crippen LogP contribution >= 0.6 is 0 Å². The second kappa shape index (κ2) is 9.61. The zero-order valence-electron chi connectivity index (χ0n) is 20.2. The molecule has 176 valence electrons. The van der Waals surface area contributed by atoms with E-state index in [9.17, 15) is 0 Å². The number of para-hydroxylation sites is 1. The summed E-state index contributed by atoms with van der Waals surface area (Å²) in [4.78, 5) is 13.4. The zero-order valence-corrected chi connectivity index (χ0v) is 20.2. The summed E-state index contributed by atoms with van der Waals surface area (Å²) < 4.78 is 11.9. The molecular weight excluding hydrogens is 424 g/mol. The quantitative estimate of drug-likeness (QED) is 0.482. The van der Waals surface area contributed by atoms with Crippen LogP contribution in [-0.4, -0.2) is 61.4 Å². The van der Waals surface area contributed by atoms with Crippen molar-refractivity contribution >= 4 is 22.3 Å². The summed E-state index contributed by atoms with van der Waals surface area (Å²) in [6.07, 6.45) is 4.84. The number of benzene rings is 2. The highest BCUT2D eigenvalue weighted by Crippen LogP contribution is 2.39. The number of methoxy groups -OCH3 is 1. The highest BCUT2D eigenvalue weighted by atomic mass is 16.5. The van der Waals surface area contributed by atoms with Crippen molar-refractivity contribution in [3.8, 4) is 16.9 Å². The summed E-state index contributed by atoms with van der Waals surface area (Å²) in [5.74, 6) is 0.886. The van der Waals surface area contributed by atoms with E-state index >= 15 is 0 Å². The number of pyridine rings is 1. The first-order chi connectivity index (χ1) is 16.6. The first kappa shape index (κ1) is 22.6. The lowest BCUT2D eigenvalue weighted by atomic mass is 9.99. The fraction of sp³-hybridized carbons (Fsp3) is 0.429. The second-order valence-corrected chi connectivity index (χ2v) is 9.47. The number of hydrogen-bond acceptors (Lipinski definition) is 5. The van der Waals surface area contributed by atoms with Crippen LogP contribution in [0.5, 0.6) is 5.75 Å². The van der Waals surface area contributed by atoms with Gasteiger partial charge in [-0.25, -0.2) is 4.85 Å². The number of hydrogen-bond donors (Lipinski definition) is 0. The largest absolute Gasteiger partial charge is 0.494 e. The number of anilines is 1. The maximum Gasteiger partial charge on any atom is 0.187 e. The Morgan fingerprint density at radius 2 is 1.74 bits per heavy atom. The van der Waals surface area contributed by atoms with Crippen LogP contribution in [0.3, 0.4) is 0 Å². The average Bonchev–Trinajstić information content (AvgIpc) is 2.87. The summed E-state index contributed by atoms with van der Waals surface area (Å²) >= 11 is 0. The van der Waals surface area contributed by atoms with Crippen molar-refractivity contribution < 1.29 is 9.47 Å². The van der Waals surface area contributed by atoms with E-state index in [1.54, 1.807) is 7.11 Å². The van der Waals surface area contributed by atoms with E-state index < -0.39 is 0 Å². The van der Waals surface area contributed by atoms with Crippen molar-refractivity contribution in [1.29, 1.82) is 0 Å². The van der Waals surface area contributed by atoms with Gasteiger partial charge in [-0.1, -0.05) is 36.4 Å². The molecule has 0 amide bonds. The number of morpholine rings is 1. The zero-order chi connectivity index (χ0) is 23.7. The molecule has 0 aliphatic carbocycles. The van der Waals surface area contributed by atoms with Gasteiger partial charge in [-0.15, -0.1) is 0 Å². The fourth-order valence-electron chi connectivity index (χ4n) is 5.56. The Balaban J connectivity index is 1.40. The molecule has 2 aliphatic heterocycles. The molecule has 0 unspecified atom stereocenters.